The summed E-state index contributed by atoms with van der Waals surface area (Å²) < 4.78 is 10.9. The lowest BCUT2D eigenvalue weighted by molar-refractivity contribution is -0.132. The third-order valence-corrected chi connectivity index (χ3v) is 3.66. The fourth-order valence-corrected chi connectivity index (χ4v) is 2.76. The summed E-state index contributed by atoms with van der Waals surface area (Å²) in [5.74, 6) is 1.78. The number of aryl methyl sites for hydroxylation is 1. The van der Waals surface area contributed by atoms with Crippen molar-refractivity contribution in [2.45, 2.75) is 31.9 Å². The van der Waals surface area contributed by atoms with Crippen molar-refractivity contribution in [3.63, 3.8) is 0 Å². The van der Waals surface area contributed by atoms with Crippen molar-refractivity contribution < 1.29 is 14.3 Å². The lowest BCUT2D eigenvalue weighted by Crippen LogP contribution is -2.39. The van der Waals surface area contributed by atoms with Crippen LogP contribution in [0.5, 0.6) is 5.75 Å². The van der Waals surface area contributed by atoms with Gasteiger partial charge in [-0.15, -0.1) is 0 Å². The molecular weight excluding hydrogens is 258 g/mol. The van der Waals surface area contributed by atoms with Crippen molar-refractivity contribution in [3.05, 3.63) is 17.8 Å². The van der Waals surface area contributed by atoms with Gasteiger partial charge >= 0.3 is 0 Å². The molecule has 1 aromatic rings. The molecule has 0 aliphatic carbocycles. The Balaban J connectivity index is 0.000000704. The molecule has 2 aliphatic rings. The van der Waals surface area contributed by atoms with Crippen LogP contribution in [0.1, 0.15) is 18.9 Å². The summed E-state index contributed by atoms with van der Waals surface area (Å²) in [7, 11) is 1.50. The van der Waals surface area contributed by atoms with Crippen LogP contribution in [0.15, 0.2) is 12.3 Å². The quantitative estimate of drug-likeness (QED) is 0.822. The van der Waals surface area contributed by atoms with E-state index in [9.17, 15) is 4.79 Å². The number of aromatic nitrogens is 1. The van der Waals surface area contributed by atoms with Crippen molar-refractivity contribution in [2.75, 3.05) is 25.1 Å². The number of anilines is 1. The topological polar surface area (TPSA) is 77.7 Å². The summed E-state index contributed by atoms with van der Waals surface area (Å²) in [5.41, 5.74) is 5.68. The highest BCUT2D eigenvalue weighted by Gasteiger charge is 2.39. The number of rotatable bonds is 3. The number of fused-ring (bicyclic) bond motifs is 3. The molecule has 0 bridgehead atoms. The van der Waals surface area contributed by atoms with Crippen LogP contribution in [0.25, 0.3) is 0 Å². The van der Waals surface area contributed by atoms with Crippen LogP contribution < -0.4 is 15.4 Å². The first-order chi connectivity index (χ1) is 9.83. The Kier molecular flexibility index (Phi) is 4.79. The molecule has 2 atom stereocenters. The molecule has 6 nitrogen and oxygen atoms in total. The smallest absolute Gasteiger partial charge is 0.293 e. The maximum atomic E-state index is 10.4. The molecule has 0 aromatic carbocycles. The minimum atomic E-state index is -0.0471. The first kappa shape index (κ1) is 14.6. The number of pyridine rings is 1. The number of carbonyl (C=O) groups is 1. The van der Waals surface area contributed by atoms with E-state index in [1.165, 1.54) is 12.6 Å². The van der Waals surface area contributed by atoms with E-state index in [-0.39, 0.29) is 12.1 Å². The van der Waals surface area contributed by atoms with Crippen LogP contribution in [0.2, 0.25) is 0 Å². The Hall–Kier alpha value is -1.82. The zero-order chi connectivity index (χ0) is 14.5. The summed E-state index contributed by atoms with van der Waals surface area (Å²) in [4.78, 5) is 17.0. The Morgan fingerprint density at radius 1 is 1.60 bits per heavy atom. The van der Waals surface area contributed by atoms with Crippen molar-refractivity contribution in [1.29, 1.82) is 0 Å². The third-order valence-electron chi connectivity index (χ3n) is 3.66. The molecule has 2 N–H and O–H groups in total. The number of nitrogens with zero attached hydrogens (tertiary/aromatic N) is 2. The molecule has 3 rings (SSSR count). The second kappa shape index (κ2) is 6.56. The van der Waals surface area contributed by atoms with Crippen LogP contribution in [0.3, 0.4) is 0 Å². The minimum absolute atomic E-state index is 0.0471. The van der Waals surface area contributed by atoms with Crippen LogP contribution in [-0.4, -0.2) is 43.8 Å². The zero-order valence-electron chi connectivity index (χ0n) is 11.9. The molecule has 20 heavy (non-hydrogen) atoms. The number of carbonyl (C=O) groups excluding carboxylic acids is 1. The van der Waals surface area contributed by atoms with E-state index in [0.717, 1.165) is 24.4 Å². The highest BCUT2D eigenvalue weighted by atomic mass is 16.5. The summed E-state index contributed by atoms with van der Waals surface area (Å²) in [5, 5.41) is 0. The number of nitrogens with two attached hydrogens (primary N) is 1. The Morgan fingerprint density at radius 2 is 2.40 bits per heavy atom. The molecular formula is C14H21N3O3. The highest BCUT2D eigenvalue weighted by molar-refractivity contribution is 5.59. The SMILES string of the molecule is CCc1ccnc2c1OCC1CC(OC=O)CN21.CN. The molecule has 1 saturated heterocycles. The summed E-state index contributed by atoms with van der Waals surface area (Å²) in [6.45, 7) is 3.98. The predicted molar refractivity (Wildman–Crippen MR) is 75.9 cm³/mol. The molecule has 1 fully saturated rings. The van der Waals surface area contributed by atoms with Gasteiger partial charge in [0.15, 0.2) is 11.6 Å². The van der Waals surface area contributed by atoms with E-state index in [0.29, 0.717) is 19.6 Å². The molecule has 1 aromatic heterocycles. The van der Waals surface area contributed by atoms with E-state index in [1.807, 2.05) is 12.3 Å². The van der Waals surface area contributed by atoms with Gasteiger partial charge in [-0.2, -0.15) is 0 Å². The lowest BCUT2D eigenvalue weighted by Gasteiger charge is -2.32. The summed E-state index contributed by atoms with van der Waals surface area (Å²) in [6.07, 6.45) is 3.51. The van der Waals surface area contributed by atoms with Crippen LogP contribution in [0.4, 0.5) is 5.82 Å². The Morgan fingerprint density at radius 3 is 3.10 bits per heavy atom. The zero-order valence-corrected chi connectivity index (χ0v) is 11.9. The monoisotopic (exact) mass is 279 g/mol. The van der Waals surface area contributed by atoms with E-state index in [4.69, 9.17) is 9.47 Å². The normalized spacial score (nSPS) is 22.9. The van der Waals surface area contributed by atoms with Gasteiger partial charge in [0.05, 0.1) is 12.6 Å². The largest absolute Gasteiger partial charge is 0.487 e. The fourth-order valence-electron chi connectivity index (χ4n) is 2.76. The average molecular weight is 279 g/mol. The average Bonchev–Trinajstić information content (AvgIpc) is 2.92. The molecule has 0 amide bonds. The maximum Gasteiger partial charge on any atom is 0.293 e. The Bertz CT molecular complexity index is 467. The number of hydrogen-bond donors (Lipinski definition) is 1. The van der Waals surface area contributed by atoms with Crippen molar-refractivity contribution in [1.82, 2.24) is 4.98 Å². The third kappa shape index (κ3) is 2.56. The van der Waals surface area contributed by atoms with Crippen LogP contribution >= 0.6 is 0 Å². The standard InChI is InChI=1S/C13H16N2O3.CH5N/c1-2-9-3-4-14-13-12(9)17-7-10-5-11(18-8-16)6-15(10)13;1-2/h3-4,8,10-11H,2,5-7H2,1H3;2H2,1H3. The van der Waals surface area contributed by atoms with Crippen molar-refractivity contribution >= 4 is 12.3 Å². The molecule has 2 unspecified atom stereocenters. The van der Waals surface area contributed by atoms with Gasteiger partial charge in [-0.05, 0) is 25.1 Å². The van der Waals surface area contributed by atoms with E-state index in [1.54, 1.807) is 0 Å². The Labute approximate surface area is 118 Å². The maximum absolute atomic E-state index is 10.4. The number of hydrogen-bond acceptors (Lipinski definition) is 6. The van der Waals surface area contributed by atoms with E-state index in [2.05, 4.69) is 22.5 Å². The molecule has 0 saturated carbocycles. The van der Waals surface area contributed by atoms with Gasteiger partial charge in [0.25, 0.3) is 6.47 Å². The lowest BCUT2D eigenvalue weighted by atomic mass is 10.1. The van der Waals surface area contributed by atoms with Gasteiger partial charge in [-0.3, -0.25) is 4.79 Å². The van der Waals surface area contributed by atoms with Gasteiger partial charge in [-0.1, -0.05) is 6.92 Å². The molecule has 6 heteroatoms. The van der Waals surface area contributed by atoms with Gasteiger partial charge in [0, 0.05) is 12.6 Å². The molecule has 0 spiro atoms. The fraction of sp³-hybridized carbons (Fsp3) is 0.571. The van der Waals surface area contributed by atoms with Crippen LogP contribution in [-0.2, 0) is 16.0 Å². The second-order valence-electron chi connectivity index (χ2n) is 4.68. The second-order valence-corrected chi connectivity index (χ2v) is 4.68. The first-order valence-electron chi connectivity index (χ1n) is 6.87. The van der Waals surface area contributed by atoms with Gasteiger partial charge in [0.2, 0.25) is 0 Å². The van der Waals surface area contributed by atoms with Crippen molar-refractivity contribution in [2.24, 2.45) is 5.73 Å². The molecule has 2 aliphatic heterocycles. The highest BCUT2D eigenvalue weighted by Crippen LogP contribution is 2.39. The van der Waals surface area contributed by atoms with Crippen LogP contribution in [0, 0.1) is 0 Å². The van der Waals surface area contributed by atoms with Gasteiger partial charge in [-0.25, -0.2) is 4.98 Å². The van der Waals surface area contributed by atoms with Crippen molar-refractivity contribution in [3.8, 4) is 5.75 Å². The number of ether oxygens (including phenoxy) is 2. The predicted octanol–water partition coefficient (Wildman–Crippen LogP) is 0.732. The minimum Gasteiger partial charge on any atom is -0.487 e. The van der Waals surface area contributed by atoms with Gasteiger partial charge < -0.3 is 20.1 Å². The van der Waals surface area contributed by atoms with E-state index >= 15 is 0 Å². The van der Waals surface area contributed by atoms with E-state index < -0.39 is 0 Å². The van der Waals surface area contributed by atoms with Gasteiger partial charge in [0.1, 0.15) is 12.7 Å². The first-order valence-corrected chi connectivity index (χ1v) is 6.87. The molecule has 3 heterocycles. The molecule has 110 valence electrons. The summed E-state index contributed by atoms with van der Waals surface area (Å²) >= 11 is 0. The molecule has 0 radical (unpaired) electrons. The summed E-state index contributed by atoms with van der Waals surface area (Å²) in [6, 6.07) is 2.26.